The zero-order valence-corrected chi connectivity index (χ0v) is 11.3. The van der Waals surface area contributed by atoms with E-state index in [4.69, 9.17) is 11.2 Å². The summed E-state index contributed by atoms with van der Waals surface area (Å²) < 4.78 is 5.32. The van der Waals surface area contributed by atoms with Crippen LogP contribution in [0.15, 0.2) is 18.2 Å². The summed E-state index contributed by atoms with van der Waals surface area (Å²) in [6.07, 6.45) is 5.82. The Bertz CT molecular complexity index is 421. The molecule has 0 aliphatic carbocycles. The fraction of sp³-hybridized carbons (Fsp3) is 0.467. The summed E-state index contributed by atoms with van der Waals surface area (Å²) in [5.74, 6) is 3.35. The van der Waals surface area contributed by atoms with Crippen LogP contribution in [-0.2, 0) is 0 Å². The van der Waals surface area contributed by atoms with Gasteiger partial charge < -0.3 is 14.7 Å². The van der Waals surface area contributed by atoms with E-state index in [1.54, 1.807) is 14.0 Å². The summed E-state index contributed by atoms with van der Waals surface area (Å²) in [7, 11) is 1.61. The van der Waals surface area contributed by atoms with Crippen molar-refractivity contribution in [1.29, 1.82) is 0 Å². The Hall–Kier alpha value is -1.66. The molecule has 0 radical (unpaired) electrons. The topological polar surface area (TPSA) is 32.7 Å². The maximum absolute atomic E-state index is 9.94. The molecule has 98 valence electrons. The Labute approximate surface area is 109 Å². The molecule has 0 aromatic heterocycles. The van der Waals surface area contributed by atoms with E-state index >= 15 is 0 Å². The molecule has 0 saturated carbocycles. The van der Waals surface area contributed by atoms with E-state index in [0.29, 0.717) is 12.3 Å². The second-order valence-electron chi connectivity index (χ2n) is 4.19. The first-order chi connectivity index (χ1) is 8.65. The molecule has 0 aliphatic heterocycles. The predicted molar refractivity (Wildman–Crippen MR) is 75.0 cm³/mol. The molecule has 1 rings (SSSR count). The summed E-state index contributed by atoms with van der Waals surface area (Å²) in [5.41, 5.74) is 1.74. The molecule has 1 aromatic rings. The van der Waals surface area contributed by atoms with Crippen LogP contribution in [0.1, 0.15) is 31.9 Å². The number of benzene rings is 1. The maximum atomic E-state index is 9.94. The van der Waals surface area contributed by atoms with Crippen LogP contribution in [0.4, 0.5) is 5.69 Å². The van der Waals surface area contributed by atoms with E-state index in [9.17, 15) is 5.11 Å². The number of methoxy groups -OCH3 is 1. The lowest BCUT2D eigenvalue weighted by Crippen LogP contribution is -2.26. The van der Waals surface area contributed by atoms with E-state index in [0.717, 1.165) is 24.2 Å². The number of aliphatic hydroxyl groups excluding tert-OH is 1. The van der Waals surface area contributed by atoms with Gasteiger partial charge in [-0.25, -0.2) is 0 Å². The fourth-order valence-electron chi connectivity index (χ4n) is 2.07. The van der Waals surface area contributed by atoms with Gasteiger partial charge in [-0.3, -0.25) is 0 Å². The number of hydrogen-bond acceptors (Lipinski definition) is 3. The summed E-state index contributed by atoms with van der Waals surface area (Å²) in [4.78, 5) is 2.09. The van der Waals surface area contributed by atoms with E-state index in [-0.39, 0.29) is 0 Å². The minimum absolute atomic E-state index is 0.528. The molecule has 0 aliphatic rings. The third-order valence-corrected chi connectivity index (χ3v) is 2.80. The summed E-state index contributed by atoms with van der Waals surface area (Å²) in [6, 6.07) is 5.74. The van der Waals surface area contributed by atoms with Crippen molar-refractivity contribution < 1.29 is 9.84 Å². The van der Waals surface area contributed by atoms with E-state index in [1.807, 2.05) is 18.2 Å². The second kappa shape index (κ2) is 6.93. The monoisotopic (exact) mass is 247 g/mol. The lowest BCUT2D eigenvalue weighted by atomic mass is 10.1. The van der Waals surface area contributed by atoms with Crippen molar-refractivity contribution in [3.8, 4) is 18.1 Å². The maximum Gasteiger partial charge on any atom is 0.126 e. The van der Waals surface area contributed by atoms with Crippen molar-refractivity contribution in [2.75, 3.05) is 25.1 Å². The first-order valence-electron chi connectivity index (χ1n) is 6.19. The van der Waals surface area contributed by atoms with Gasteiger partial charge in [0, 0.05) is 17.8 Å². The van der Waals surface area contributed by atoms with Crippen LogP contribution in [-0.4, -0.2) is 25.3 Å². The first kappa shape index (κ1) is 14.4. The van der Waals surface area contributed by atoms with Crippen LogP contribution in [0.5, 0.6) is 5.75 Å². The van der Waals surface area contributed by atoms with Crippen molar-refractivity contribution in [3.05, 3.63) is 23.8 Å². The average molecular weight is 247 g/mol. The van der Waals surface area contributed by atoms with Crippen LogP contribution in [0, 0.1) is 12.3 Å². The van der Waals surface area contributed by atoms with Gasteiger partial charge in [0.2, 0.25) is 0 Å². The van der Waals surface area contributed by atoms with Gasteiger partial charge >= 0.3 is 0 Å². The van der Waals surface area contributed by atoms with Crippen LogP contribution in [0.3, 0.4) is 0 Å². The van der Waals surface area contributed by atoms with Crippen LogP contribution < -0.4 is 9.64 Å². The number of hydrogen-bond donors (Lipinski definition) is 1. The van der Waals surface area contributed by atoms with Gasteiger partial charge in [-0.05, 0) is 25.5 Å². The highest BCUT2D eigenvalue weighted by Crippen LogP contribution is 2.34. The molecule has 0 amide bonds. The van der Waals surface area contributed by atoms with Crippen molar-refractivity contribution in [3.63, 3.8) is 0 Å². The van der Waals surface area contributed by atoms with Crippen LogP contribution in [0.2, 0.25) is 0 Å². The Balaban J connectivity index is 3.24. The number of anilines is 1. The molecule has 0 bridgehead atoms. The molecule has 1 N–H and O–H groups in total. The minimum atomic E-state index is -0.590. The first-order valence-corrected chi connectivity index (χ1v) is 6.19. The number of rotatable bonds is 6. The molecular formula is C15H21NO2. The quantitative estimate of drug-likeness (QED) is 0.784. The molecule has 18 heavy (non-hydrogen) atoms. The largest absolute Gasteiger partial charge is 0.496 e. The third-order valence-electron chi connectivity index (χ3n) is 2.80. The number of ether oxygens (including phenoxy) is 1. The van der Waals surface area contributed by atoms with E-state index in [1.165, 1.54) is 0 Å². The Morgan fingerprint density at radius 3 is 2.72 bits per heavy atom. The highest BCUT2D eigenvalue weighted by atomic mass is 16.5. The Kier molecular flexibility index (Phi) is 5.54. The molecule has 0 fully saturated rings. The average Bonchev–Trinajstić information content (AvgIpc) is 2.37. The molecule has 1 aromatic carbocycles. The van der Waals surface area contributed by atoms with Gasteiger partial charge in [-0.2, -0.15) is 0 Å². The fourth-order valence-corrected chi connectivity index (χ4v) is 2.07. The number of terminal acetylenes is 1. The van der Waals surface area contributed by atoms with Crippen LogP contribution in [0.25, 0.3) is 0 Å². The molecule has 0 saturated heterocycles. The Morgan fingerprint density at radius 2 is 2.22 bits per heavy atom. The standard InChI is InChI=1S/C15H21NO2/c1-5-10-16(11-6-2)13-8-7-9-14(18-4)15(13)12(3)17/h1,7-9,12,17H,6,10-11H2,2-4H3/t12-/m1/s1. The molecule has 3 heteroatoms. The highest BCUT2D eigenvalue weighted by Gasteiger charge is 2.17. The zero-order valence-electron chi connectivity index (χ0n) is 11.3. The van der Waals surface area contributed by atoms with E-state index < -0.39 is 6.10 Å². The van der Waals surface area contributed by atoms with Gasteiger partial charge in [0.25, 0.3) is 0 Å². The Morgan fingerprint density at radius 1 is 1.50 bits per heavy atom. The number of aliphatic hydroxyl groups is 1. The van der Waals surface area contributed by atoms with Gasteiger partial charge in [0.15, 0.2) is 0 Å². The summed E-state index contributed by atoms with van der Waals surface area (Å²) >= 11 is 0. The van der Waals surface area contributed by atoms with Crippen molar-refractivity contribution in [2.24, 2.45) is 0 Å². The minimum Gasteiger partial charge on any atom is -0.496 e. The van der Waals surface area contributed by atoms with Crippen LogP contribution >= 0.6 is 0 Å². The molecule has 0 heterocycles. The lowest BCUT2D eigenvalue weighted by molar-refractivity contribution is 0.194. The molecule has 0 spiro atoms. The van der Waals surface area contributed by atoms with Crippen molar-refractivity contribution in [1.82, 2.24) is 0 Å². The normalized spacial score (nSPS) is 11.7. The zero-order chi connectivity index (χ0) is 13.5. The third kappa shape index (κ3) is 3.18. The van der Waals surface area contributed by atoms with Gasteiger partial charge in [-0.1, -0.05) is 18.9 Å². The SMILES string of the molecule is C#CCN(CCC)c1cccc(OC)c1[C@@H](C)O. The number of nitrogens with zero attached hydrogens (tertiary/aromatic N) is 1. The molecule has 0 unspecified atom stereocenters. The predicted octanol–water partition coefficient (Wildman–Crippen LogP) is 2.60. The van der Waals surface area contributed by atoms with Crippen molar-refractivity contribution >= 4 is 5.69 Å². The summed E-state index contributed by atoms with van der Waals surface area (Å²) in [5, 5.41) is 9.94. The van der Waals surface area contributed by atoms with Gasteiger partial charge in [0.1, 0.15) is 5.75 Å². The lowest BCUT2D eigenvalue weighted by Gasteiger charge is -2.26. The summed E-state index contributed by atoms with van der Waals surface area (Å²) in [6.45, 7) is 5.23. The molecule has 1 atom stereocenters. The van der Waals surface area contributed by atoms with E-state index in [2.05, 4.69) is 17.7 Å². The second-order valence-corrected chi connectivity index (χ2v) is 4.19. The van der Waals surface area contributed by atoms with Gasteiger partial charge in [-0.15, -0.1) is 6.42 Å². The molecular weight excluding hydrogens is 226 g/mol. The molecule has 3 nitrogen and oxygen atoms in total. The smallest absolute Gasteiger partial charge is 0.126 e. The van der Waals surface area contributed by atoms with Crippen molar-refractivity contribution in [2.45, 2.75) is 26.4 Å². The highest BCUT2D eigenvalue weighted by molar-refractivity contribution is 5.61. The van der Waals surface area contributed by atoms with Gasteiger partial charge in [0.05, 0.1) is 19.8 Å².